The van der Waals surface area contributed by atoms with Gasteiger partial charge in [0, 0.05) is 25.4 Å². The number of halogens is 2. The molecule has 0 radical (unpaired) electrons. The van der Waals surface area contributed by atoms with Crippen LogP contribution in [0.1, 0.15) is 41.5 Å². The first-order valence-corrected chi connectivity index (χ1v) is 7.43. The zero-order valence-electron chi connectivity index (χ0n) is 12.0. The van der Waals surface area contributed by atoms with Gasteiger partial charge in [-0.25, -0.2) is 13.6 Å². The zero-order chi connectivity index (χ0) is 15.2. The van der Waals surface area contributed by atoms with Crippen molar-refractivity contribution in [3.63, 3.8) is 0 Å². The Hall–Kier alpha value is -1.65. The van der Waals surface area contributed by atoms with E-state index in [9.17, 15) is 13.6 Å². The number of benzene rings is 1. The first-order valence-electron chi connectivity index (χ1n) is 7.43. The van der Waals surface area contributed by atoms with Gasteiger partial charge in [-0.05, 0) is 41.5 Å². The summed E-state index contributed by atoms with van der Waals surface area (Å²) in [6, 6.07) is 3.72. The summed E-state index contributed by atoms with van der Waals surface area (Å²) in [5.74, 6) is -3.40. The Morgan fingerprint density at radius 2 is 2.00 bits per heavy atom. The Morgan fingerprint density at radius 3 is 2.67 bits per heavy atom. The molecule has 1 unspecified atom stereocenters. The Bertz CT molecular complexity index is 586. The maximum absolute atomic E-state index is 14.2. The first kappa shape index (κ1) is 14.3. The molecule has 1 aromatic carbocycles. The van der Waals surface area contributed by atoms with Gasteiger partial charge in [-0.1, -0.05) is 19.1 Å². The molecule has 2 aliphatic rings. The summed E-state index contributed by atoms with van der Waals surface area (Å²) in [6.07, 6.45) is 0.446. The average Bonchev–Trinajstić information content (AvgIpc) is 2.58. The van der Waals surface area contributed by atoms with Crippen LogP contribution in [-0.4, -0.2) is 35.1 Å². The smallest absolute Gasteiger partial charge is 0.407 e. The fraction of sp³-hybridized carbons (Fsp3) is 0.562. The largest absolute Gasteiger partial charge is 0.465 e. The van der Waals surface area contributed by atoms with Crippen LogP contribution >= 0.6 is 0 Å². The van der Waals surface area contributed by atoms with Crippen LogP contribution in [0.15, 0.2) is 12.1 Å². The number of carboxylic acid groups (broad SMARTS) is 1. The van der Waals surface area contributed by atoms with E-state index in [2.05, 4.69) is 0 Å². The topological polar surface area (TPSA) is 40.5 Å². The summed E-state index contributed by atoms with van der Waals surface area (Å²) in [6.45, 7) is 2.63. The second kappa shape index (κ2) is 4.97. The highest BCUT2D eigenvalue weighted by Gasteiger charge is 2.47. The van der Waals surface area contributed by atoms with Crippen LogP contribution in [0.25, 0.3) is 0 Å². The fourth-order valence-corrected chi connectivity index (χ4v) is 3.77. The third-order valence-electron chi connectivity index (χ3n) is 4.79. The lowest BCUT2D eigenvalue weighted by molar-refractivity contribution is -0.0164. The molecule has 0 bridgehead atoms. The Kier molecular flexibility index (Phi) is 3.38. The van der Waals surface area contributed by atoms with Gasteiger partial charge in [0.1, 0.15) is 0 Å². The van der Waals surface area contributed by atoms with E-state index >= 15 is 0 Å². The number of hydrogen-bond acceptors (Lipinski definition) is 1. The van der Waals surface area contributed by atoms with Gasteiger partial charge >= 0.3 is 6.09 Å². The predicted octanol–water partition coefficient (Wildman–Crippen LogP) is 3.45. The fourth-order valence-electron chi connectivity index (χ4n) is 3.77. The number of hydrogen-bond donors (Lipinski definition) is 1. The van der Waals surface area contributed by atoms with Crippen molar-refractivity contribution in [2.45, 2.75) is 44.4 Å². The van der Waals surface area contributed by atoms with Gasteiger partial charge in [-0.3, -0.25) is 0 Å². The number of nitrogens with zero attached hydrogens (tertiary/aromatic N) is 1. The molecule has 1 atom stereocenters. The Balaban J connectivity index is 2.02. The molecule has 1 N–H and O–H groups in total. The van der Waals surface area contributed by atoms with Crippen LogP contribution in [-0.2, 0) is 19.3 Å². The third kappa shape index (κ3) is 2.28. The molecule has 0 fully saturated rings. The molecule has 1 heterocycles. The quantitative estimate of drug-likeness (QED) is 0.862. The number of alkyl halides is 2. The van der Waals surface area contributed by atoms with Crippen LogP contribution in [0.5, 0.6) is 0 Å². The van der Waals surface area contributed by atoms with Crippen LogP contribution in [0.4, 0.5) is 13.6 Å². The van der Waals surface area contributed by atoms with Crippen molar-refractivity contribution in [1.82, 2.24) is 4.90 Å². The molecular weight excluding hydrogens is 276 g/mol. The first-order chi connectivity index (χ1) is 9.94. The number of amides is 1. The van der Waals surface area contributed by atoms with Crippen molar-refractivity contribution in [2.75, 3.05) is 13.1 Å². The standard InChI is InChI=1S/C16H19F2NO2/c1-2-13-14-11(9-16(13,17)18)4-3-10-5-7-19(15(20)21)8-6-12(10)14/h3-4,13H,2,5-9H2,1H3,(H,20,21). The zero-order valence-corrected chi connectivity index (χ0v) is 12.0. The van der Waals surface area contributed by atoms with E-state index in [4.69, 9.17) is 5.11 Å². The van der Waals surface area contributed by atoms with Gasteiger partial charge in [0.05, 0.1) is 0 Å². The minimum Gasteiger partial charge on any atom is -0.465 e. The van der Waals surface area contributed by atoms with E-state index in [-0.39, 0.29) is 6.42 Å². The summed E-state index contributed by atoms with van der Waals surface area (Å²) in [4.78, 5) is 12.5. The molecule has 1 aromatic rings. The molecule has 5 heteroatoms. The molecule has 114 valence electrons. The van der Waals surface area contributed by atoms with Gasteiger partial charge in [0.15, 0.2) is 0 Å². The molecular formula is C16H19F2NO2. The minimum absolute atomic E-state index is 0.184. The monoisotopic (exact) mass is 295 g/mol. The molecule has 1 aliphatic carbocycles. The summed E-state index contributed by atoms with van der Waals surface area (Å²) >= 11 is 0. The predicted molar refractivity (Wildman–Crippen MR) is 75.1 cm³/mol. The van der Waals surface area contributed by atoms with Gasteiger partial charge in [0.2, 0.25) is 0 Å². The van der Waals surface area contributed by atoms with Crippen molar-refractivity contribution in [2.24, 2.45) is 0 Å². The van der Waals surface area contributed by atoms with E-state index in [0.29, 0.717) is 32.4 Å². The van der Waals surface area contributed by atoms with E-state index < -0.39 is 17.9 Å². The molecule has 1 aliphatic heterocycles. The maximum Gasteiger partial charge on any atom is 0.407 e. The van der Waals surface area contributed by atoms with E-state index in [1.165, 1.54) is 4.90 Å². The lowest BCUT2D eigenvalue weighted by atomic mass is 9.88. The molecule has 21 heavy (non-hydrogen) atoms. The second-order valence-electron chi connectivity index (χ2n) is 5.94. The number of rotatable bonds is 1. The van der Waals surface area contributed by atoms with Crippen molar-refractivity contribution < 1.29 is 18.7 Å². The molecule has 3 rings (SSSR count). The van der Waals surface area contributed by atoms with Crippen LogP contribution in [0, 0.1) is 0 Å². The molecule has 1 amide bonds. The van der Waals surface area contributed by atoms with Crippen molar-refractivity contribution in [3.8, 4) is 0 Å². The van der Waals surface area contributed by atoms with Crippen LogP contribution in [0.2, 0.25) is 0 Å². The molecule has 0 saturated heterocycles. The highest BCUT2D eigenvalue weighted by molar-refractivity contribution is 5.65. The normalized spacial score (nSPS) is 23.4. The summed E-state index contributed by atoms with van der Waals surface area (Å²) in [7, 11) is 0. The summed E-state index contributed by atoms with van der Waals surface area (Å²) < 4.78 is 28.3. The molecule has 0 spiro atoms. The average molecular weight is 295 g/mol. The highest BCUT2D eigenvalue weighted by atomic mass is 19.3. The molecule has 0 aromatic heterocycles. The molecule has 0 saturated carbocycles. The summed E-state index contributed by atoms with van der Waals surface area (Å²) in [5.41, 5.74) is 3.55. The highest BCUT2D eigenvalue weighted by Crippen LogP contribution is 2.48. The van der Waals surface area contributed by atoms with E-state index in [1.807, 2.05) is 12.1 Å². The molecule has 3 nitrogen and oxygen atoms in total. The summed E-state index contributed by atoms with van der Waals surface area (Å²) in [5, 5.41) is 9.12. The Labute approximate surface area is 122 Å². The minimum atomic E-state index is -2.68. The van der Waals surface area contributed by atoms with Crippen LogP contribution in [0.3, 0.4) is 0 Å². The van der Waals surface area contributed by atoms with Crippen LogP contribution < -0.4 is 0 Å². The van der Waals surface area contributed by atoms with Crippen molar-refractivity contribution >= 4 is 6.09 Å². The van der Waals surface area contributed by atoms with E-state index in [0.717, 1.165) is 22.3 Å². The SMILES string of the molecule is CCC1c2c(ccc3c2CCN(C(=O)O)CC3)CC1(F)F. The van der Waals surface area contributed by atoms with E-state index in [1.54, 1.807) is 6.92 Å². The lowest BCUT2D eigenvalue weighted by Crippen LogP contribution is -2.31. The number of fused-ring (bicyclic) bond motifs is 3. The Morgan fingerprint density at radius 1 is 1.33 bits per heavy atom. The van der Waals surface area contributed by atoms with Gasteiger partial charge in [-0.2, -0.15) is 0 Å². The van der Waals surface area contributed by atoms with Crippen molar-refractivity contribution in [3.05, 3.63) is 34.4 Å². The van der Waals surface area contributed by atoms with Gasteiger partial charge < -0.3 is 10.0 Å². The van der Waals surface area contributed by atoms with Crippen molar-refractivity contribution in [1.29, 1.82) is 0 Å². The number of carbonyl (C=O) groups is 1. The van der Waals surface area contributed by atoms with Gasteiger partial charge in [-0.15, -0.1) is 0 Å². The second-order valence-corrected chi connectivity index (χ2v) is 5.94. The van der Waals surface area contributed by atoms with Gasteiger partial charge in [0.25, 0.3) is 5.92 Å². The lowest BCUT2D eigenvalue weighted by Gasteiger charge is -2.21. The third-order valence-corrected chi connectivity index (χ3v) is 4.79. The maximum atomic E-state index is 14.2.